The van der Waals surface area contributed by atoms with Crippen LogP contribution in [-0.4, -0.2) is 28.5 Å². The molecule has 2 unspecified atom stereocenters. The van der Waals surface area contributed by atoms with Crippen molar-refractivity contribution in [3.05, 3.63) is 23.5 Å². The number of hydrogen-bond acceptors (Lipinski definition) is 2. The number of nitrogens with zero attached hydrogens (tertiary/aromatic N) is 2. The fourth-order valence-corrected chi connectivity index (χ4v) is 3.22. The van der Waals surface area contributed by atoms with Crippen LogP contribution in [0.15, 0.2) is 12.1 Å². The van der Waals surface area contributed by atoms with Crippen LogP contribution in [0.5, 0.6) is 0 Å². The Hall–Kier alpha value is -1.29. The van der Waals surface area contributed by atoms with Crippen molar-refractivity contribution in [1.82, 2.24) is 9.47 Å². The van der Waals surface area contributed by atoms with Crippen molar-refractivity contribution in [3.8, 4) is 0 Å². The van der Waals surface area contributed by atoms with Crippen molar-refractivity contribution in [3.63, 3.8) is 0 Å². The number of rotatable bonds is 4. The van der Waals surface area contributed by atoms with Crippen LogP contribution < -0.4 is 5.73 Å². The minimum absolute atomic E-state index is 0.0416. The number of hydrogen-bond donors (Lipinski definition) is 1. The van der Waals surface area contributed by atoms with E-state index in [2.05, 4.69) is 44.4 Å². The molecule has 0 spiro atoms. The normalized spacial score (nSPS) is 20.1. The van der Waals surface area contributed by atoms with Gasteiger partial charge >= 0.3 is 0 Å². The molecule has 1 aromatic heterocycles. The van der Waals surface area contributed by atoms with Crippen LogP contribution in [-0.2, 0) is 11.3 Å². The summed E-state index contributed by atoms with van der Waals surface area (Å²) >= 11 is 0. The first kappa shape index (κ1) is 15.1. The molecule has 1 aromatic rings. The van der Waals surface area contributed by atoms with Gasteiger partial charge < -0.3 is 15.2 Å². The summed E-state index contributed by atoms with van der Waals surface area (Å²) in [7, 11) is 0. The summed E-state index contributed by atoms with van der Waals surface area (Å²) in [5, 5.41) is 0. The van der Waals surface area contributed by atoms with E-state index < -0.39 is 0 Å². The topological polar surface area (TPSA) is 51.3 Å². The lowest BCUT2D eigenvalue weighted by Crippen LogP contribution is -2.45. The maximum Gasteiger partial charge on any atom is 0.227 e. The first-order valence-corrected chi connectivity index (χ1v) is 7.62. The Balaban J connectivity index is 2.16. The summed E-state index contributed by atoms with van der Waals surface area (Å²) in [6.07, 6.45) is 0.874. The maximum absolute atomic E-state index is 12.7. The van der Waals surface area contributed by atoms with Gasteiger partial charge in [0.2, 0.25) is 5.91 Å². The van der Waals surface area contributed by atoms with Gasteiger partial charge in [0.1, 0.15) is 0 Å². The number of amides is 1. The lowest BCUT2D eigenvalue weighted by molar-refractivity contribution is -0.139. The highest BCUT2D eigenvalue weighted by molar-refractivity contribution is 5.79. The number of aromatic nitrogens is 1. The first-order chi connectivity index (χ1) is 9.45. The monoisotopic (exact) mass is 277 g/mol. The van der Waals surface area contributed by atoms with Crippen LogP contribution >= 0.6 is 0 Å². The molecule has 1 aliphatic rings. The Kier molecular flexibility index (Phi) is 4.53. The second-order valence-corrected chi connectivity index (χ2v) is 6.32. The van der Waals surface area contributed by atoms with Gasteiger partial charge in [-0.2, -0.15) is 0 Å². The Morgan fingerprint density at radius 1 is 1.40 bits per heavy atom. The van der Waals surface area contributed by atoms with Crippen LogP contribution in [0, 0.1) is 18.8 Å². The molecular weight excluding hydrogens is 250 g/mol. The van der Waals surface area contributed by atoms with Crippen LogP contribution in [0.25, 0.3) is 0 Å². The van der Waals surface area contributed by atoms with Crippen molar-refractivity contribution in [2.24, 2.45) is 17.6 Å². The summed E-state index contributed by atoms with van der Waals surface area (Å²) in [5.41, 5.74) is 8.33. The van der Waals surface area contributed by atoms with E-state index in [-0.39, 0.29) is 17.9 Å². The zero-order valence-electron chi connectivity index (χ0n) is 13.1. The van der Waals surface area contributed by atoms with Gasteiger partial charge in [0, 0.05) is 31.0 Å². The highest BCUT2D eigenvalue weighted by Crippen LogP contribution is 2.29. The van der Waals surface area contributed by atoms with Crippen molar-refractivity contribution in [2.45, 2.75) is 46.7 Å². The third kappa shape index (κ3) is 2.75. The van der Waals surface area contributed by atoms with E-state index in [1.54, 1.807) is 0 Å². The summed E-state index contributed by atoms with van der Waals surface area (Å²) in [6, 6.07) is 4.42. The third-order valence-corrected chi connectivity index (χ3v) is 4.37. The Morgan fingerprint density at radius 3 is 2.70 bits per heavy atom. The summed E-state index contributed by atoms with van der Waals surface area (Å²) < 4.78 is 2.31. The molecule has 4 nitrogen and oxygen atoms in total. The van der Waals surface area contributed by atoms with Crippen LogP contribution in [0.4, 0.5) is 0 Å². The molecule has 112 valence electrons. The van der Waals surface area contributed by atoms with Gasteiger partial charge in [-0.15, -0.1) is 0 Å². The lowest BCUT2D eigenvalue weighted by atomic mass is 9.94. The Bertz CT molecular complexity index is 478. The number of carbonyl (C=O) groups is 1. The molecule has 1 amide bonds. The number of carbonyl (C=O) groups excluding carboxylic acids is 1. The van der Waals surface area contributed by atoms with Gasteiger partial charge in [-0.05, 0) is 38.3 Å². The Labute approximate surface area is 121 Å². The molecule has 0 bridgehead atoms. The molecule has 4 heteroatoms. The molecule has 0 saturated heterocycles. The van der Waals surface area contributed by atoms with E-state index >= 15 is 0 Å². The van der Waals surface area contributed by atoms with E-state index in [1.807, 2.05) is 4.90 Å². The number of fused-ring (bicyclic) bond motifs is 1. The van der Waals surface area contributed by atoms with E-state index in [9.17, 15) is 4.79 Å². The van der Waals surface area contributed by atoms with Crippen LogP contribution in [0.2, 0.25) is 0 Å². The minimum atomic E-state index is -0.0416. The molecule has 1 aliphatic heterocycles. The van der Waals surface area contributed by atoms with Crippen LogP contribution in [0.3, 0.4) is 0 Å². The molecule has 20 heavy (non-hydrogen) atoms. The largest absolute Gasteiger partial charge is 0.345 e. The highest BCUT2D eigenvalue weighted by atomic mass is 16.2. The van der Waals surface area contributed by atoms with Crippen molar-refractivity contribution in [1.29, 1.82) is 0 Å². The van der Waals surface area contributed by atoms with E-state index in [4.69, 9.17) is 5.73 Å². The molecule has 2 N–H and O–H groups in total. The molecule has 0 aromatic carbocycles. The van der Waals surface area contributed by atoms with Gasteiger partial charge in [-0.25, -0.2) is 0 Å². The van der Waals surface area contributed by atoms with E-state index in [0.717, 1.165) is 19.5 Å². The second-order valence-electron chi connectivity index (χ2n) is 6.32. The Morgan fingerprint density at radius 2 is 2.10 bits per heavy atom. The predicted octanol–water partition coefficient (Wildman–Crippen LogP) is 2.32. The zero-order valence-corrected chi connectivity index (χ0v) is 13.1. The van der Waals surface area contributed by atoms with Crippen molar-refractivity contribution >= 4 is 5.91 Å². The van der Waals surface area contributed by atoms with E-state index in [0.29, 0.717) is 12.5 Å². The molecule has 0 radical (unpaired) electrons. The van der Waals surface area contributed by atoms with Crippen molar-refractivity contribution in [2.75, 3.05) is 13.1 Å². The SMILES string of the molecule is Cc1ccc2n1CCN(C(=O)C(CN)CC(C)C)C2C. The lowest BCUT2D eigenvalue weighted by Gasteiger charge is -2.37. The number of nitrogens with two attached hydrogens (primary N) is 1. The summed E-state index contributed by atoms with van der Waals surface area (Å²) in [5.74, 6) is 0.678. The standard InChI is InChI=1S/C16H27N3O/c1-11(2)9-14(10-17)16(20)19-8-7-18-12(3)5-6-15(18)13(19)4/h5-6,11,13-14H,7-10,17H2,1-4H3. The molecule has 2 heterocycles. The average Bonchev–Trinajstić information content (AvgIpc) is 2.78. The summed E-state index contributed by atoms with van der Waals surface area (Å²) in [4.78, 5) is 14.7. The van der Waals surface area contributed by atoms with Gasteiger partial charge in [-0.3, -0.25) is 4.79 Å². The number of aryl methyl sites for hydroxylation is 1. The second kappa shape index (κ2) is 6.00. The van der Waals surface area contributed by atoms with Gasteiger partial charge in [0.25, 0.3) is 0 Å². The third-order valence-electron chi connectivity index (χ3n) is 4.37. The van der Waals surface area contributed by atoms with Gasteiger partial charge in [-0.1, -0.05) is 13.8 Å². The molecule has 2 rings (SSSR count). The quantitative estimate of drug-likeness (QED) is 0.918. The fraction of sp³-hybridized carbons (Fsp3) is 0.688. The highest BCUT2D eigenvalue weighted by Gasteiger charge is 2.32. The zero-order chi connectivity index (χ0) is 14.9. The average molecular weight is 277 g/mol. The molecular formula is C16H27N3O. The predicted molar refractivity (Wildman–Crippen MR) is 81.3 cm³/mol. The molecule has 0 fully saturated rings. The van der Waals surface area contributed by atoms with Gasteiger partial charge in [0.05, 0.1) is 12.0 Å². The van der Waals surface area contributed by atoms with Crippen LogP contribution in [0.1, 0.15) is 44.6 Å². The maximum atomic E-state index is 12.7. The molecule has 0 saturated carbocycles. The van der Waals surface area contributed by atoms with Crippen molar-refractivity contribution < 1.29 is 4.79 Å². The molecule has 2 atom stereocenters. The smallest absolute Gasteiger partial charge is 0.227 e. The van der Waals surface area contributed by atoms with Gasteiger partial charge in [0.15, 0.2) is 0 Å². The fourth-order valence-electron chi connectivity index (χ4n) is 3.22. The minimum Gasteiger partial charge on any atom is -0.345 e. The van der Waals surface area contributed by atoms with E-state index in [1.165, 1.54) is 11.4 Å². The molecule has 0 aliphatic carbocycles. The first-order valence-electron chi connectivity index (χ1n) is 7.62. The summed E-state index contributed by atoms with van der Waals surface area (Å²) in [6.45, 7) is 10.6.